The van der Waals surface area contributed by atoms with Gasteiger partial charge in [0.05, 0.1) is 24.3 Å². The standard InChI is InChI=1S/C25H26BrN5O2/c1-27-17-4-5-19-20(12-17)23(28-15-16-3-6-22(33-2)21(26)11-16)29-30-24(19)31-9-7-25(8-10-31)13-18(32)14-25/h3-6,11-12,18,32H,7-10,13-15H2,2H3,(H,28,29). The van der Waals surface area contributed by atoms with Crippen molar-refractivity contribution in [3.05, 3.63) is 57.9 Å². The molecule has 5 rings (SSSR count). The summed E-state index contributed by atoms with van der Waals surface area (Å²) in [4.78, 5) is 5.91. The summed E-state index contributed by atoms with van der Waals surface area (Å²) < 4.78 is 6.21. The molecule has 2 aromatic carbocycles. The number of nitrogens with zero attached hydrogens (tertiary/aromatic N) is 4. The third-order valence-electron chi connectivity index (χ3n) is 7.01. The molecule has 2 fully saturated rings. The van der Waals surface area contributed by atoms with Gasteiger partial charge in [0.1, 0.15) is 5.75 Å². The minimum absolute atomic E-state index is 0.124. The second-order valence-corrected chi connectivity index (χ2v) is 9.94. The van der Waals surface area contributed by atoms with E-state index >= 15 is 0 Å². The zero-order valence-corrected chi connectivity index (χ0v) is 20.1. The van der Waals surface area contributed by atoms with Gasteiger partial charge >= 0.3 is 0 Å². The molecule has 7 nitrogen and oxygen atoms in total. The van der Waals surface area contributed by atoms with Crippen LogP contribution in [0.3, 0.4) is 0 Å². The minimum atomic E-state index is -0.124. The molecule has 2 N–H and O–H groups in total. The molecule has 33 heavy (non-hydrogen) atoms. The van der Waals surface area contributed by atoms with Crippen LogP contribution in [0, 0.1) is 12.0 Å². The number of fused-ring (bicyclic) bond motifs is 1. The number of aromatic nitrogens is 2. The highest BCUT2D eigenvalue weighted by atomic mass is 79.9. The Morgan fingerprint density at radius 2 is 1.97 bits per heavy atom. The number of ether oxygens (including phenoxy) is 1. The smallest absolute Gasteiger partial charge is 0.188 e. The molecule has 2 heterocycles. The van der Waals surface area contributed by atoms with Crippen LogP contribution in [0.25, 0.3) is 15.6 Å². The fraction of sp³-hybridized carbons (Fsp3) is 0.400. The minimum Gasteiger partial charge on any atom is -0.496 e. The number of nitrogens with one attached hydrogen (secondary N) is 1. The van der Waals surface area contributed by atoms with Crippen LogP contribution in [0.1, 0.15) is 31.2 Å². The van der Waals surface area contributed by atoms with Gasteiger partial charge in [-0.25, -0.2) is 4.85 Å². The van der Waals surface area contributed by atoms with Gasteiger partial charge in [0.15, 0.2) is 17.3 Å². The van der Waals surface area contributed by atoms with Crippen molar-refractivity contribution in [2.45, 2.75) is 38.3 Å². The number of aliphatic hydroxyl groups excluding tert-OH is 1. The molecule has 1 aliphatic carbocycles. The van der Waals surface area contributed by atoms with Crippen molar-refractivity contribution in [3.63, 3.8) is 0 Å². The number of hydrogen-bond donors (Lipinski definition) is 2. The molecule has 2 aliphatic rings. The highest BCUT2D eigenvalue weighted by molar-refractivity contribution is 9.10. The van der Waals surface area contributed by atoms with E-state index in [2.05, 4.69) is 41.2 Å². The maximum atomic E-state index is 9.77. The summed E-state index contributed by atoms with van der Waals surface area (Å²) in [7, 11) is 1.65. The monoisotopic (exact) mass is 507 g/mol. The van der Waals surface area contributed by atoms with E-state index in [1.165, 1.54) is 0 Å². The number of aliphatic hydroxyl groups is 1. The fourth-order valence-corrected chi connectivity index (χ4v) is 5.70. The number of piperidine rings is 1. The normalized spacial score (nSPS) is 17.6. The summed E-state index contributed by atoms with van der Waals surface area (Å²) in [5, 5.41) is 24.2. The molecule has 1 spiro atoms. The molecular weight excluding hydrogens is 482 g/mol. The first-order valence-electron chi connectivity index (χ1n) is 11.2. The highest BCUT2D eigenvalue weighted by Crippen LogP contribution is 2.49. The molecule has 1 saturated heterocycles. The van der Waals surface area contributed by atoms with Crippen molar-refractivity contribution in [3.8, 4) is 5.75 Å². The van der Waals surface area contributed by atoms with Gasteiger partial charge in [0.25, 0.3) is 0 Å². The maximum Gasteiger partial charge on any atom is 0.188 e. The second-order valence-electron chi connectivity index (χ2n) is 9.09. The first kappa shape index (κ1) is 21.9. The molecule has 1 aromatic heterocycles. The zero-order valence-electron chi connectivity index (χ0n) is 18.5. The number of methoxy groups -OCH3 is 1. The lowest BCUT2D eigenvalue weighted by Crippen LogP contribution is -2.49. The van der Waals surface area contributed by atoms with E-state index in [-0.39, 0.29) is 6.10 Å². The molecule has 8 heteroatoms. The molecular formula is C25H26BrN5O2. The molecule has 0 amide bonds. The molecule has 0 atom stereocenters. The maximum absolute atomic E-state index is 9.77. The van der Waals surface area contributed by atoms with Crippen LogP contribution >= 0.6 is 15.9 Å². The summed E-state index contributed by atoms with van der Waals surface area (Å²) in [6.07, 6.45) is 3.86. The summed E-state index contributed by atoms with van der Waals surface area (Å²) in [5.41, 5.74) is 1.97. The van der Waals surface area contributed by atoms with Gasteiger partial charge in [0, 0.05) is 30.4 Å². The molecule has 1 aliphatic heterocycles. The Bertz CT molecular complexity index is 1230. The van der Waals surface area contributed by atoms with Gasteiger partial charge in [-0.1, -0.05) is 18.2 Å². The van der Waals surface area contributed by atoms with Gasteiger partial charge < -0.3 is 20.1 Å². The third kappa shape index (κ3) is 4.23. The average molecular weight is 508 g/mol. The fourth-order valence-electron chi connectivity index (χ4n) is 5.11. The largest absolute Gasteiger partial charge is 0.496 e. The van der Waals surface area contributed by atoms with Crippen LogP contribution in [0.4, 0.5) is 17.3 Å². The molecule has 0 bridgehead atoms. The zero-order chi connectivity index (χ0) is 23.0. The Kier molecular flexibility index (Phi) is 5.85. The van der Waals surface area contributed by atoms with Gasteiger partial charge in [0.2, 0.25) is 0 Å². The van der Waals surface area contributed by atoms with E-state index in [9.17, 15) is 5.11 Å². The summed E-state index contributed by atoms with van der Waals surface area (Å²) in [5.74, 6) is 2.32. The number of hydrogen-bond acceptors (Lipinski definition) is 6. The van der Waals surface area contributed by atoms with E-state index in [1.807, 2.05) is 36.4 Å². The first-order valence-corrected chi connectivity index (χ1v) is 12.0. The van der Waals surface area contributed by atoms with Crippen LogP contribution in [-0.2, 0) is 6.54 Å². The van der Waals surface area contributed by atoms with Crippen molar-refractivity contribution < 1.29 is 9.84 Å². The van der Waals surface area contributed by atoms with Gasteiger partial charge in [-0.2, -0.15) is 0 Å². The van der Waals surface area contributed by atoms with E-state index in [0.717, 1.165) is 71.1 Å². The van der Waals surface area contributed by atoms with Gasteiger partial charge in [-0.05, 0) is 70.8 Å². The molecule has 0 unspecified atom stereocenters. The SMILES string of the molecule is [C-]#[N+]c1ccc2c(N3CCC4(CC3)CC(O)C4)nnc(NCc3ccc(OC)c(Br)c3)c2c1. The van der Waals surface area contributed by atoms with E-state index in [0.29, 0.717) is 23.5 Å². The Labute approximate surface area is 201 Å². The van der Waals surface area contributed by atoms with Gasteiger partial charge in [-0.15, -0.1) is 10.2 Å². The Morgan fingerprint density at radius 1 is 1.18 bits per heavy atom. The van der Waals surface area contributed by atoms with Gasteiger partial charge in [-0.3, -0.25) is 0 Å². The summed E-state index contributed by atoms with van der Waals surface area (Å²) in [6, 6.07) is 11.7. The molecule has 170 valence electrons. The van der Waals surface area contributed by atoms with E-state index < -0.39 is 0 Å². The Morgan fingerprint density at radius 3 is 2.64 bits per heavy atom. The molecule has 0 radical (unpaired) electrons. The number of anilines is 2. The van der Waals surface area contributed by atoms with Crippen molar-refractivity contribution in [1.29, 1.82) is 0 Å². The lowest BCUT2D eigenvalue weighted by molar-refractivity contribution is -0.0464. The lowest BCUT2D eigenvalue weighted by atomic mass is 9.61. The van der Waals surface area contributed by atoms with Crippen molar-refractivity contribution in [2.24, 2.45) is 5.41 Å². The Hall–Kier alpha value is -2.89. The van der Waals surface area contributed by atoms with Crippen molar-refractivity contribution in [1.82, 2.24) is 10.2 Å². The van der Waals surface area contributed by atoms with E-state index in [1.54, 1.807) is 7.11 Å². The summed E-state index contributed by atoms with van der Waals surface area (Å²) in [6.45, 7) is 9.84. The van der Waals surface area contributed by atoms with Crippen LogP contribution in [0.15, 0.2) is 40.9 Å². The van der Waals surface area contributed by atoms with Crippen molar-refractivity contribution >= 4 is 44.0 Å². The number of halogens is 1. The second kappa shape index (κ2) is 8.81. The van der Waals surface area contributed by atoms with Crippen LogP contribution < -0.4 is 15.0 Å². The lowest BCUT2D eigenvalue weighted by Gasteiger charge is -2.50. The molecule has 1 saturated carbocycles. The van der Waals surface area contributed by atoms with Crippen molar-refractivity contribution in [2.75, 3.05) is 30.4 Å². The number of rotatable bonds is 5. The molecule has 3 aromatic rings. The number of benzene rings is 2. The van der Waals surface area contributed by atoms with E-state index in [4.69, 9.17) is 11.3 Å². The third-order valence-corrected chi connectivity index (χ3v) is 7.63. The highest BCUT2D eigenvalue weighted by Gasteiger charge is 2.45. The Balaban J connectivity index is 1.41. The topological polar surface area (TPSA) is 74.9 Å². The predicted molar refractivity (Wildman–Crippen MR) is 133 cm³/mol. The summed E-state index contributed by atoms with van der Waals surface area (Å²) >= 11 is 3.53. The average Bonchev–Trinajstić information content (AvgIpc) is 2.82. The quantitative estimate of drug-likeness (QED) is 0.456. The van der Waals surface area contributed by atoms with Crippen LogP contribution in [0.2, 0.25) is 0 Å². The van der Waals surface area contributed by atoms with Crippen LogP contribution in [-0.4, -0.2) is 41.6 Å². The van der Waals surface area contributed by atoms with Crippen LogP contribution in [0.5, 0.6) is 5.75 Å². The predicted octanol–water partition coefficient (Wildman–Crippen LogP) is 5.31. The first-order chi connectivity index (χ1) is 16.0.